The lowest BCUT2D eigenvalue weighted by Crippen LogP contribution is -2.60. The van der Waals surface area contributed by atoms with Crippen LogP contribution in [-0.2, 0) is 44.6 Å². The van der Waals surface area contributed by atoms with Gasteiger partial charge in [-0.2, -0.15) is 0 Å². The van der Waals surface area contributed by atoms with E-state index in [0.717, 1.165) is 5.56 Å². The molecule has 3 aliphatic rings. The smallest absolute Gasteiger partial charge is 0.410 e. The van der Waals surface area contributed by atoms with Crippen molar-refractivity contribution in [3.8, 4) is 11.3 Å². The van der Waals surface area contributed by atoms with Crippen molar-refractivity contribution >= 4 is 29.5 Å². The number of ketones is 1. The fourth-order valence-corrected chi connectivity index (χ4v) is 10.3. The van der Waals surface area contributed by atoms with Gasteiger partial charge in [0, 0.05) is 55.1 Å². The van der Waals surface area contributed by atoms with Gasteiger partial charge in [0.25, 0.3) is 0 Å². The summed E-state index contributed by atoms with van der Waals surface area (Å²) >= 11 is 0. The number of cyclic esters (lactones) is 1. The number of aliphatic hydroxyl groups is 1. The molecule has 0 saturated carbocycles. The fraction of sp³-hybridized carbons (Fsp3) is 0.633. The van der Waals surface area contributed by atoms with E-state index in [1.807, 2.05) is 65.1 Å². The Morgan fingerprint density at radius 2 is 1.68 bits per heavy atom. The predicted molar refractivity (Wildman–Crippen MR) is 241 cm³/mol. The molecule has 4 heterocycles. The Labute approximate surface area is 382 Å². The lowest BCUT2D eigenvalue weighted by Gasteiger charge is -2.47. The van der Waals surface area contributed by atoms with Crippen molar-refractivity contribution in [1.82, 2.24) is 19.9 Å². The Balaban J connectivity index is 1.27. The van der Waals surface area contributed by atoms with Gasteiger partial charge < -0.3 is 44.2 Å². The van der Waals surface area contributed by atoms with Crippen LogP contribution >= 0.6 is 0 Å². The Hall–Kier alpha value is -4.90. The summed E-state index contributed by atoms with van der Waals surface area (Å²) in [7, 11) is 1.52. The van der Waals surface area contributed by atoms with E-state index in [4.69, 9.17) is 34.2 Å². The van der Waals surface area contributed by atoms with Crippen LogP contribution in [0, 0.1) is 29.6 Å². The number of carbonyl (C=O) groups is 4. The van der Waals surface area contributed by atoms with E-state index in [9.17, 15) is 24.3 Å². The molecule has 14 atom stereocenters. The molecule has 6 rings (SSSR count). The standard InChI is InChI=1S/C49H69N5O11/c1-11-38-49(9)42(54(47(59)65-49)23-16-15-22-53-27-37(51-52-53)35-20-17-21-36(50)25-35)31(5)39(55)29(3)26-48(8,60-10)43(32(6)40(56)33(7)44(57)62-38)64-46-41(28(2)24-30(4)61-46)63-45(58)34-18-13-12-14-19-34/h12-14,17-21,25,27-33,38,40-43,46,56H,11,15-16,22-24,26,50H2,1-10H3/t28-,29+,30+,31-,32-,33+,38+,40-,41+,42-,43+,46-,48-,49+/m0/s1. The Kier molecular flexibility index (Phi) is 15.8. The van der Waals surface area contributed by atoms with Gasteiger partial charge in [0.2, 0.25) is 0 Å². The van der Waals surface area contributed by atoms with Crippen LogP contribution in [0.4, 0.5) is 10.5 Å². The number of nitrogen functional groups attached to an aromatic ring is 1. The number of anilines is 1. The summed E-state index contributed by atoms with van der Waals surface area (Å²) in [6.07, 6.45) is -2.07. The molecule has 0 aliphatic carbocycles. The number of unbranched alkanes of at least 4 members (excludes halogenated alkanes) is 1. The Morgan fingerprint density at radius 3 is 2.35 bits per heavy atom. The number of nitrogens with zero attached hydrogens (tertiary/aromatic N) is 4. The van der Waals surface area contributed by atoms with E-state index in [-0.39, 0.29) is 37.2 Å². The van der Waals surface area contributed by atoms with Crippen molar-refractivity contribution < 1.29 is 52.7 Å². The number of ether oxygens (including phenoxy) is 6. The van der Waals surface area contributed by atoms with Crippen LogP contribution < -0.4 is 5.73 Å². The number of aryl methyl sites for hydroxylation is 1. The van der Waals surface area contributed by atoms with E-state index in [2.05, 4.69) is 10.3 Å². The highest BCUT2D eigenvalue weighted by atomic mass is 16.7. The largest absolute Gasteiger partial charge is 0.458 e. The van der Waals surface area contributed by atoms with Crippen LogP contribution in [0.5, 0.6) is 0 Å². The first-order valence-electron chi connectivity index (χ1n) is 23.1. The lowest BCUT2D eigenvalue weighted by atomic mass is 9.73. The number of amides is 1. The van der Waals surface area contributed by atoms with E-state index in [1.165, 1.54) is 7.11 Å². The van der Waals surface area contributed by atoms with Crippen LogP contribution in [0.15, 0.2) is 60.8 Å². The second-order valence-corrected chi connectivity index (χ2v) is 19.0. The number of esters is 2. The van der Waals surface area contributed by atoms with Crippen LogP contribution in [0.25, 0.3) is 11.3 Å². The monoisotopic (exact) mass is 903 g/mol. The predicted octanol–water partition coefficient (Wildman–Crippen LogP) is 6.87. The van der Waals surface area contributed by atoms with Crippen LogP contribution in [0.2, 0.25) is 0 Å². The summed E-state index contributed by atoms with van der Waals surface area (Å²) in [5.41, 5.74) is 5.84. The van der Waals surface area contributed by atoms with Gasteiger partial charge in [-0.05, 0) is 84.1 Å². The first-order valence-corrected chi connectivity index (χ1v) is 23.1. The van der Waals surface area contributed by atoms with Gasteiger partial charge in [0.05, 0.1) is 47.6 Å². The van der Waals surface area contributed by atoms with Crippen LogP contribution in [-0.4, -0.2) is 117 Å². The maximum atomic E-state index is 14.9. The number of nitrogens with two attached hydrogens (primary N) is 1. The van der Waals surface area contributed by atoms with Gasteiger partial charge in [-0.25, -0.2) is 9.59 Å². The molecular weight excluding hydrogens is 835 g/mol. The molecule has 0 spiro atoms. The summed E-state index contributed by atoms with van der Waals surface area (Å²) in [5.74, 6) is -4.89. The maximum absolute atomic E-state index is 14.9. The second-order valence-electron chi connectivity index (χ2n) is 19.0. The highest BCUT2D eigenvalue weighted by Gasteiger charge is 2.60. The molecule has 0 unspecified atom stereocenters. The van der Waals surface area contributed by atoms with E-state index >= 15 is 0 Å². The summed E-state index contributed by atoms with van der Waals surface area (Å²) < 4.78 is 39.9. The number of aliphatic hydroxyl groups excluding tert-OH is 1. The number of Topliss-reactive ketones (excluding diaryl/α,β-unsaturated/α-hetero) is 1. The zero-order valence-corrected chi connectivity index (χ0v) is 39.5. The molecule has 0 radical (unpaired) electrons. The Morgan fingerprint density at radius 1 is 0.969 bits per heavy atom. The third kappa shape index (κ3) is 10.7. The van der Waals surface area contributed by atoms with Gasteiger partial charge in [-0.1, -0.05) is 70.2 Å². The summed E-state index contributed by atoms with van der Waals surface area (Å²) in [5, 5.41) is 20.7. The topological polar surface area (TPSA) is 204 Å². The van der Waals surface area contributed by atoms with Gasteiger partial charge in [0.15, 0.2) is 18.0 Å². The first kappa shape index (κ1) is 49.5. The minimum atomic E-state index is -1.41. The number of hydrogen-bond donors (Lipinski definition) is 2. The van der Waals surface area contributed by atoms with Gasteiger partial charge in [-0.15, -0.1) is 5.10 Å². The molecule has 356 valence electrons. The molecule has 2 aromatic carbocycles. The molecule has 3 saturated heterocycles. The molecule has 16 heteroatoms. The molecule has 3 aromatic rings. The number of hydrogen-bond acceptors (Lipinski definition) is 14. The average molecular weight is 904 g/mol. The minimum absolute atomic E-state index is 0.129. The number of benzene rings is 2. The number of methoxy groups -OCH3 is 1. The molecule has 0 bridgehead atoms. The number of rotatable bonds is 12. The van der Waals surface area contributed by atoms with Gasteiger partial charge in [-0.3, -0.25) is 14.3 Å². The molecule has 1 amide bonds. The SMILES string of the molecule is CC[C@H]1OC(=O)[C@H](C)[C@@H](O)[C@H](C)[C@@H](O[C@@H]2O[C@H](C)C[C@H](C)[C@H]2OC(=O)c2ccccc2)[C@@](C)(OC)C[C@@H](C)C(=O)[C@H](C)[C@@H]2N(CCCCn3cc(-c4cccc(N)c4)nn3)C(=O)O[C@@]21C. The van der Waals surface area contributed by atoms with E-state index < -0.39 is 89.7 Å². The van der Waals surface area contributed by atoms with Gasteiger partial charge >= 0.3 is 18.0 Å². The van der Waals surface area contributed by atoms with Crippen molar-refractivity contribution in [2.75, 3.05) is 19.4 Å². The second kappa shape index (κ2) is 20.7. The molecule has 65 heavy (non-hydrogen) atoms. The van der Waals surface area contributed by atoms with Crippen LogP contribution in [0.1, 0.15) is 105 Å². The van der Waals surface area contributed by atoms with Crippen molar-refractivity contribution in [3.05, 3.63) is 66.4 Å². The molecule has 3 fully saturated rings. The summed E-state index contributed by atoms with van der Waals surface area (Å²) in [4.78, 5) is 58.1. The number of aromatic nitrogens is 3. The molecule has 3 aliphatic heterocycles. The quantitative estimate of drug-likeness (QED) is 0.0824. The molecule has 1 aromatic heterocycles. The number of fused-ring (bicyclic) bond motifs is 1. The van der Waals surface area contributed by atoms with Crippen molar-refractivity contribution in [3.63, 3.8) is 0 Å². The molecular formula is C49H69N5O11. The van der Waals surface area contributed by atoms with Crippen molar-refractivity contribution in [2.24, 2.45) is 29.6 Å². The maximum Gasteiger partial charge on any atom is 0.410 e. The third-order valence-electron chi connectivity index (χ3n) is 14.0. The highest BCUT2D eigenvalue weighted by Crippen LogP contribution is 2.44. The summed E-state index contributed by atoms with van der Waals surface area (Å²) in [6, 6.07) is 15.3. The Bertz CT molecular complexity index is 2120. The van der Waals surface area contributed by atoms with Crippen molar-refractivity contribution in [1.29, 1.82) is 0 Å². The molecule has 16 nitrogen and oxygen atoms in total. The fourth-order valence-electron chi connectivity index (χ4n) is 10.3. The zero-order valence-electron chi connectivity index (χ0n) is 39.5. The zero-order chi connectivity index (χ0) is 47.4. The lowest BCUT2D eigenvalue weighted by molar-refractivity contribution is -0.300. The van der Waals surface area contributed by atoms with Gasteiger partial charge in [0.1, 0.15) is 17.6 Å². The van der Waals surface area contributed by atoms with E-state index in [1.54, 1.807) is 67.6 Å². The highest BCUT2D eigenvalue weighted by molar-refractivity contribution is 5.89. The van der Waals surface area contributed by atoms with E-state index in [0.29, 0.717) is 42.8 Å². The summed E-state index contributed by atoms with van der Waals surface area (Å²) in [6.45, 7) is 17.0. The van der Waals surface area contributed by atoms with Crippen molar-refractivity contribution in [2.45, 2.75) is 155 Å². The molecule has 3 N–H and O–H groups in total. The number of carbonyl (C=O) groups excluding carboxylic acids is 4. The van der Waals surface area contributed by atoms with Crippen LogP contribution in [0.3, 0.4) is 0 Å². The average Bonchev–Trinajstić information content (AvgIpc) is 3.86. The minimum Gasteiger partial charge on any atom is -0.458 e. The third-order valence-corrected chi connectivity index (χ3v) is 14.0. The normalized spacial score (nSPS) is 34.9. The first-order chi connectivity index (χ1) is 30.8.